The average molecular weight is 338 g/mol. The van der Waals surface area contributed by atoms with Crippen molar-refractivity contribution in [3.05, 3.63) is 0 Å². The number of hydrogen-bond acceptors (Lipinski definition) is 0. The molecule has 0 nitrogen and oxygen atoms in total. The normalized spacial score (nSPS) is 0. The fourth-order valence-electron chi connectivity index (χ4n) is 0. The zero-order valence-corrected chi connectivity index (χ0v) is 7.16. The molecule has 0 aliphatic heterocycles. The van der Waals surface area contributed by atoms with Gasteiger partial charge in [-0.3, -0.25) is 0 Å². The maximum Gasteiger partial charge on any atom is 0 e. The van der Waals surface area contributed by atoms with Crippen molar-refractivity contribution in [3.63, 3.8) is 0 Å². The van der Waals surface area contributed by atoms with Crippen molar-refractivity contribution in [1.29, 1.82) is 0 Å². The van der Waals surface area contributed by atoms with Gasteiger partial charge in [-0.25, -0.2) is 0 Å². The van der Waals surface area contributed by atoms with Gasteiger partial charge in [0.25, 0.3) is 0 Å². The second kappa shape index (κ2) is 16.6. The minimum absolute atomic E-state index is 0. The van der Waals surface area contributed by atoms with Crippen LogP contribution in [0, 0.1) is 37.3 Å². The van der Waals surface area contributed by atoms with Crippen LogP contribution >= 0.6 is 0 Å². The summed E-state index contributed by atoms with van der Waals surface area (Å²) in [6.45, 7) is 0. The molecule has 0 spiro atoms. The van der Waals surface area contributed by atoms with Crippen LogP contribution in [-0.2, 0) is 47.9 Å². The van der Waals surface area contributed by atoms with Crippen LogP contribution in [0.25, 0.3) is 0 Å². The van der Waals surface area contributed by atoms with Crippen molar-refractivity contribution in [3.8, 4) is 0 Å². The second-order valence-electron chi connectivity index (χ2n) is 0. The topological polar surface area (TPSA) is 0 Å². The fraction of sp³-hybridized carbons (Fsp3) is 0. The largest absolute Gasteiger partial charge is 0.0149 e. The summed E-state index contributed by atoms with van der Waals surface area (Å²) in [6, 6.07) is 0. The minimum atomic E-state index is 0. The zero-order chi connectivity index (χ0) is 0. The van der Waals surface area contributed by atoms with Gasteiger partial charge in [0.15, 0.2) is 0 Å². The molecule has 0 saturated carbocycles. The molecule has 0 amide bonds. The third kappa shape index (κ3) is 8.91. The van der Waals surface area contributed by atoms with E-state index in [1.165, 1.54) is 0 Å². The summed E-state index contributed by atoms with van der Waals surface area (Å²) >= 11 is 0. The van der Waals surface area contributed by atoms with E-state index < -0.39 is 0 Å². The third-order valence-electron chi connectivity index (χ3n) is 0. The van der Waals surface area contributed by atoms with Gasteiger partial charge in [-0.1, -0.05) is 0 Å². The van der Waals surface area contributed by atoms with Crippen molar-refractivity contribution in [2.75, 3.05) is 0 Å². The van der Waals surface area contributed by atoms with Gasteiger partial charge in [-0.2, -0.15) is 0 Å². The molecule has 4 heavy (non-hydrogen) atoms. The van der Waals surface area contributed by atoms with Gasteiger partial charge < -0.3 is 0 Å². The molecule has 0 aromatic rings. The Morgan fingerprint density at radius 1 is 1.00 bits per heavy atom. The van der Waals surface area contributed by atoms with Crippen molar-refractivity contribution >= 4 is 11.0 Å². The van der Waals surface area contributed by atoms with Crippen LogP contribution in [0.3, 0.4) is 0 Å². The summed E-state index contributed by atoms with van der Waals surface area (Å²) in [5.74, 6) is 0. The van der Waals surface area contributed by atoms with E-state index in [9.17, 15) is 0 Å². The summed E-state index contributed by atoms with van der Waals surface area (Å²) < 4.78 is 0. The van der Waals surface area contributed by atoms with Gasteiger partial charge in [0.2, 0.25) is 0 Å². The van der Waals surface area contributed by atoms with E-state index in [4.69, 9.17) is 0 Å². The van der Waals surface area contributed by atoms with E-state index in [1.54, 1.807) is 0 Å². The van der Waals surface area contributed by atoms with E-state index in [0.29, 0.717) is 0 Å². The maximum atomic E-state index is 0. The predicted octanol–water partition coefficient (Wildman–Crippen LogP) is -1.46. The van der Waals surface area contributed by atoms with Crippen LogP contribution < -0.4 is 0 Å². The molecule has 0 radical (unpaired) electrons. The summed E-state index contributed by atoms with van der Waals surface area (Å²) in [6.07, 6.45) is 0. The van der Waals surface area contributed by atoms with Gasteiger partial charge in [0, 0.05) is 85.2 Å². The van der Waals surface area contributed by atoms with Crippen molar-refractivity contribution in [1.82, 2.24) is 0 Å². The molecule has 0 aliphatic carbocycles. The second-order valence-corrected chi connectivity index (χ2v) is 0. The number of hydrogen-bond donors (Lipinski definition) is 0. The Bertz CT molecular complexity index is 8.00. The maximum absolute atomic E-state index is 0. The Morgan fingerprint density at radius 3 is 1.00 bits per heavy atom. The van der Waals surface area contributed by atoms with E-state index in [-0.39, 0.29) is 96.2 Å². The van der Waals surface area contributed by atoms with Gasteiger partial charge in [0.1, 0.15) is 0 Å². The molecule has 0 rings (SSSR count). The molecule has 28 valence electrons. The Balaban J connectivity index is 0. The van der Waals surface area contributed by atoms with Gasteiger partial charge >= 0.3 is 0 Å². The Kier molecular flexibility index (Phi) is 115. The first-order chi connectivity index (χ1) is 0. The summed E-state index contributed by atoms with van der Waals surface area (Å²) in [5.41, 5.74) is 0. The van der Waals surface area contributed by atoms with Crippen molar-refractivity contribution in [2.45, 2.75) is 0 Å². The van der Waals surface area contributed by atoms with Crippen LogP contribution in [0.15, 0.2) is 0 Å². The van der Waals surface area contributed by atoms with E-state index >= 15 is 0 Å². The van der Waals surface area contributed by atoms with Crippen LogP contribution in [0.2, 0.25) is 0 Å². The van der Waals surface area contributed by atoms with Gasteiger partial charge in [-0.05, 0) is 11.0 Å². The molecule has 0 aliphatic rings. The van der Waals surface area contributed by atoms with Gasteiger partial charge in [-0.15, -0.1) is 0 Å². The van der Waals surface area contributed by atoms with Crippen molar-refractivity contribution < 1.29 is 85.2 Å². The van der Waals surface area contributed by atoms with E-state index in [2.05, 4.69) is 0 Å². The molecule has 0 aromatic heterocycles. The molecular formula is H4ErSiTiZr. The molecule has 0 atom stereocenters. The number of rotatable bonds is 0. The Hall–Kier alpha value is 3.06. The molecule has 0 N–H and O–H groups in total. The molecule has 0 saturated heterocycles. The molecule has 0 heterocycles. The molecule has 0 unspecified atom stereocenters. The smallest absolute Gasteiger partial charge is 0 e. The summed E-state index contributed by atoms with van der Waals surface area (Å²) in [4.78, 5) is 0. The van der Waals surface area contributed by atoms with Crippen molar-refractivity contribution in [2.24, 2.45) is 0 Å². The SMILES string of the molecule is [Er].[SiH4].[Ti].[Zr]. The quantitative estimate of drug-likeness (QED) is 0.474. The first-order valence-corrected chi connectivity index (χ1v) is 0. The average Bonchev–Trinajstić information content (AvgIpc) is 0. The monoisotopic (exact) mass is 336 g/mol. The Labute approximate surface area is 94.1 Å². The predicted molar refractivity (Wildman–Crippen MR) is 11.3 cm³/mol. The van der Waals surface area contributed by atoms with E-state index in [1.807, 2.05) is 0 Å². The fourth-order valence-corrected chi connectivity index (χ4v) is 0. The molecular weight excluding hydrogens is 334 g/mol. The van der Waals surface area contributed by atoms with Gasteiger partial charge in [0.05, 0.1) is 0 Å². The molecule has 0 bridgehead atoms. The third-order valence-corrected chi connectivity index (χ3v) is 0. The minimum Gasteiger partial charge on any atom is -0.0149 e. The van der Waals surface area contributed by atoms with Crippen LogP contribution in [0.5, 0.6) is 0 Å². The molecule has 4 heteroatoms. The van der Waals surface area contributed by atoms with Crippen LogP contribution in [0.4, 0.5) is 0 Å². The molecule has 0 aromatic carbocycles. The Morgan fingerprint density at radius 2 is 1.00 bits per heavy atom. The molecule has 0 fully saturated rings. The zero-order valence-electron chi connectivity index (χ0n) is 1.29. The first-order valence-electron chi connectivity index (χ1n) is 0. The van der Waals surface area contributed by atoms with Crippen LogP contribution in [0.1, 0.15) is 0 Å². The summed E-state index contributed by atoms with van der Waals surface area (Å²) in [5, 5.41) is 0. The summed E-state index contributed by atoms with van der Waals surface area (Å²) in [7, 11) is 0. The van der Waals surface area contributed by atoms with E-state index in [0.717, 1.165) is 0 Å². The first kappa shape index (κ1) is 27.7. The standard InChI is InChI=1S/Er.H4Si.Ti.Zr/h;1H4;;. The van der Waals surface area contributed by atoms with Crippen LogP contribution in [-0.4, -0.2) is 11.0 Å².